The van der Waals surface area contributed by atoms with Gasteiger partial charge in [0.05, 0.1) is 5.92 Å². The van der Waals surface area contributed by atoms with Crippen molar-refractivity contribution in [3.05, 3.63) is 30.3 Å². The Bertz CT molecular complexity index is 928. The number of nitrogens with zero attached hydrogens (tertiary/aromatic N) is 3. The third kappa shape index (κ3) is 4.39. The molecule has 10 heteroatoms. The van der Waals surface area contributed by atoms with Crippen LogP contribution in [0.25, 0.3) is 0 Å². The standard InChI is InChI=1S/C23H30N4O6/c1-23(2)21(30)27(22(31)33-23)16-8-9-17(18(14-16)19(28)24-32)20(29)26-12-10-25(11-13-26)15-6-4-3-5-7-15/h3-7,16-18,32H,8-14H2,1-2H3,(H,24,28)/t16-,17+,18+/m1/s1. The summed E-state index contributed by atoms with van der Waals surface area (Å²) in [6.45, 7) is 5.49. The fourth-order valence-electron chi connectivity index (χ4n) is 5.11. The van der Waals surface area contributed by atoms with Crippen LogP contribution in [0.15, 0.2) is 30.3 Å². The molecule has 2 saturated heterocycles. The van der Waals surface area contributed by atoms with Gasteiger partial charge in [-0.3, -0.25) is 19.6 Å². The summed E-state index contributed by atoms with van der Waals surface area (Å²) in [6, 6.07) is 9.42. The van der Waals surface area contributed by atoms with Crippen LogP contribution in [-0.2, 0) is 19.1 Å². The molecule has 2 N–H and O–H groups in total. The Morgan fingerprint density at radius 3 is 2.27 bits per heavy atom. The molecule has 10 nitrogen and oxygen atoms in total. The molecule has 3 atom stereocenters. The monoisotopic (exact) mass is 458 g/mol. The van der Waals surface area contributed by atoms with E-state index in [-0.39, 0.29) is 12.3 Å². The zero-order chi connectivity index (χ0) is 23.8. The van der Waals surface area contributed by atoms with Crippen LogP contribution in [0.2, 0.25) is 0 Å². The first-order valence-electron chi connectivity index (χ1n) is 11.3. The quantitative estimate of drug-likeness (QED) is 0.517. The van der Waals surface area contributed by atoms with Crippen LogP contribution in [-0.4, -0.2) is 76.6 Å². The van der Waals surface area contributed by atoms with Crippen molar-refractivity contribution in [3.63, 3.8) is 0 Å². The number of cyclic esters (lactones) is 1. The predicted octanol–water partition coefficient (Wildman–Crippen LogP) is 1.38. The number of nitrogens with one attached hydrogen (secondary N) is 1. The molecular formula is C23H30N4O6. The molecule has 33 heavy (non-hydrogen) atoms. The summed E-state index contributed by atoms with van der Waals surface area (Å²) in [5.74, 6) is -2.75. The van der Waals surface area contributed by atoms with E-state index in [1.54, 1.807) is 10.4 Å². The number of rotatable bonds is 4. The average molecular weight is 459 g/mol. The van der Waals surface area contributed by atoms with Crippen molar-refractivity contribution < 1.29 is 29.1 Å². The van der Waals surface area contributed by atoms with Crippen LogP contribution in [0.5, 0.6) is 0 Å². The second-order valence-corrected chi connectivity index (χ2v) is 9.36. The molecular weight excluding hydrogens is 428 g/mol. The van der Waals surface area contributed by atoms with Gasteiger partial charge in [-0.25, -0.2) is 15.2 Å². The van der Waals surface area contributed by atoms with Crippen LogP contribution in [0.4, 0.5) is 10.5 Å². The van der Waals surface area contributed by atoms with Crippen molar-refractivity contribution in [2.75, 3.05) is 31.1 Å². The van der Waals surface area contributed by atoms with Gasteiger partial charge in [0.2, 0.25) is 11.8 Å². The summed E-state index contributed by atoms with van der Waals surface area (Å²) < 4.78 is 5.17. The van der Waals surface area contributed by atoms with Crippen LogP contribution in [0.1, 0.15) is 33.1 Å². The summed E-state index contributed by atoms with van der Waals surface area (Å²) in [4.78, 5) is 55.9. The number of para-hydroxylation sites is 1. The number of hydrogen-bond acceptors (Lipinski definition) is 7. The Morgan fingerprint density at radius 1 is 1.03 bits per heavy atom. The first-order valence-corrected chi connectivity index (χ1v) is 11.3. The maximum atomic E-state index is 13.4. The lowest BCUT2D eigenvalue weighted by Gasteiger charge is -2.41. The van der Waals surface area contributed by atoms with E-state index >= 15 is 0 Å². The zero-order valence-corrected chi connectivity index (χ0v) is 18.9. The average Bonchev–Trinajstić information content (AvgIpc) is 3.04. The molecule has 0 spiro atoms. The summed E-state index contributed by atoms with van der Waals surface area (Å²) in [6.07, 6.45) is 0.0914. The van der Waals surface area contributed by atoms with Gasteiger partial charge in [0.25, 0.3) is 5.91 Å². The topological polar surface area (TPSA) is 119 Å². The fourth-order valence-corrected chi connectivity index (χ4v) is 5.11. The van der Waals surface area contributed by atoms with Crippen LogP contribution >= 0.6 is 0 Å². The van der Waals surface area contributed by atoms with E-state index in [1.165, 1.54) is 13.8 Å². The smallest absolute Gasteiger partial charge is 0.417 e. The highest BCUT2D eigenvalue weighted by Crippen LogP contribution is 2.38. The van der Waals surface area contributed by atoms with Gasteiger partial charge in [-0.15, -0.1) is 0 Å². The van der Waals surface area contributed by atoms with Gasteiger partial charge in [0.15, 0.2) is 5.60 Å². The van der Waals surface area contributed by atoms with E-state index in [0.29, 0.717) is 39.0 Å². The van der Waals surface area contributed by atoms with E-state index in [2.05, 4.69) is 4.90 Å². The first kappa shape index (κ1) is 23.0. The maximum Gasteiger partial charge on any atom is 0.417 e. The minimum Gasteiger partial charge on any atom is -0.433 e. The number of imide groups is 1. The van der Waals surface area contributed by atoms with Crippen molar-refractivity contribution >= 4 is 29.5 Å². The van der Waals surface area contributed by atoms with Crippen molar-refractivity contribution in [1.29, 1.82) is 0 Å². The first-order chi connectivity index (χ1) is 15.7. The summed E-state index contributed by atoms with van der Waals surface area (Å²) in [5.41, 5.74) is 1.51. The maximum absolute atomic E-state index is 13.4. The number of hydrogen-bond donors (Lipinski definition) is 2. The molecule has 0 radical (unpaired) electrons. The van der Waals surface area contributed by atoms with Gasteiger partial charge < -0.3 is 14.5 Å². The minimum absolute atomic E-state index is 0.101. The lowest BCUT2D eigenvalue weighted by atomic mass is 9.75. The number of piperazine rings is 1. The van der Waals surface area contributed by atoms with Gasteiger partial charge in [-0.05, 0) is 45.2 Å². The predicted molar refractivity (Wildman–Crippen MR) is 117 cm³/mol. The third-order valence-corrected chi connectivity index (χ3v) is 6.94. The molecule has 0 unspecified atom stereocenters. The number of carbonyl (C=O) groups excluding carboxylic acids is 4. The van der Waals surface area contributed by atoms with Gasteiger partial charge in [-0.2, -0.15) is 0 Å². The molecule has 3 fully saturated rings. The Hall–Kier alpha value is -3.14. The molecule has 1 aromatic carbocycles. The largest absolute Gasteiger partial charge is 0.433 e. The van der Waals surface area contributed by atoms with Crippen molar-refractivity contribution in [1.82, 2.24) is 15.3 Å². The molecule has 178 valence electrons. The van der Waals surface area contributed by atoms with E-state index in [9.17, 15) is 24.4 Å². The van der Waals surface area contributed by atoms with E-state index in [1.807, 2.05) is 30.3 Å². The Kier molecular flexibility index (Phi) is 6.29. The molecule has 2 heterocycles. The molecule has 1 aromatic rings. The second kappa shape index (κ2) is 9.01. The van der Waals surface area contributed by atoms with E-state index < -0.39 is 41.4 Å². The number of ether oxygens (including phenoxy) is 1. The molecule has 4 amide bonds. The molecule has 4 rings (SSSR count). The third-order valence-electron chi connectivity index (χ3n) is 6.94. The van der Waals surface area contributed by atoms with Crippen LogP contribution in [0.3, 0.4) is 0 Å². The van der Waals surface area contributed by atoms with Gasteiger partial charge >= 0.3 is 6.09 Å². The minimum atomic E-state index is -1.25. The number of anilines is 1. The fraction of sp³-hybridized carbons (Fsp3) is 0.565. The van der Waals surface area contributed by atoms with Gasteiger partial charge in [-0.1, -0.05) is 18.2 Å². The normalized spacial score (nSPS) is 27.4. The molecule has 0 aromatic heterocycles. The molecule has 3 aliphatic rings. The highest BCUT2D eigenvalue weighted by Gasteiger charge is 2.52. The molecule has 1 aliphatic carbocycles. The molecule has 1 saturated carbocycles. The van der Waals surface area contributed by atoms with Crippen LogP contribution < -0.4 is 10.4 Å². The molecule has 2 aliphatic heterocycles. The van der Waals surface area contributed by atoms with Crippen molar-refractivity contribution in [2.45, 2.75) is 44.8 Å². The highest BCUT2D eigenvalue weighted by molar-refractivity contribution is 6.02. The SMILES string of the molecule is CC1(C)OC(=O)N([C@@H]2CC[C@H](C(=O)N3CCN(c4ccccc4)CC3)[C@@H](C(=O)NO)C2)C1=O. The van der Waals surface area contributed by atoms with Crippen molar-refractivity contribution in [2.24, 2.45) is 11.8 Å². The zero-order valence-electron chi connectivity index (χ0n) is 18.9. The van der Waals surface area contributed by atoms with E-state index in [4.69, 9.17) is 4.74 Å². The number of carbonyl (C=O) groups is 4. The lowest BCUT2D eigenvalue weighted by Crippen LogP contribution is -2.55. The van der Waals surface area contributed by atoms with Gasteiger partial charge in [0.1, 0.15) is 0 Å². The number of amides is 4. The summed E-state index contributed by atoms with van der Waals surface area (Å²) in [7, 11) is 0. The Balaban J connectivity index is 1.43. The Morgan fingerprint density at radius 2 is 1.70 bits per heavy atom. The number of benzene rings is 1. The van der Waals surface area contributed by atoms with Crippen molar-refractivity contribution in [3.8, 4) is 0 Å². The second-order valence-electron chi connectivity index (χ2n) is 9.36. The lowest BCUT2D eigenvalue weighted by molar-refractivity contribution is -0.149. The van der Waals surface area contributed by atoms with E-state index in [0.717, 1.165) is 10.6 Å². The van der Waals surface area contributed by atoms with Crippen LogP contribution in [0, 0.1) is 11.8 Å². The highest BCUT2D eigenvalue weighted by atomic mass is 16.6. The Labute approximate surface area is 192 Å². The van der Waals surface area contributed by atoms with Gasteiger partial charge in [0, 0.05) is 43.8 Å². The summed E-state index contributed by atoms with van der Waals surface area (Å²) in [5, 5.41) is 9.29. The molecule has 0 bridgehead atoms. The summed E-state index contributed by atoms with van der Waals surface area (Å²) >= 11 is 0. The number of hydroxylamine groups is 1.